The summed E-state index contributed by atoms with van der Waals surface area (Å²) in [4.78, 5) is 2.05. The van der Waals surface area contributed by atoms with Crippen LogP contribution in [0.5, 0.6) is 0 Å². The molecule has 1 fully saturated rings. The van der Waals surface area contributed by atoms with Crippen LogP contribution in [0.15, 0.2) is 24.3 Å². The molecule has 5 nitrogen and oxygen atoms in total. The first-order chi connectivity index (χ1) is 9.70. The molecule has 0 bridgehead atoms. The summed E-state index contributed by atoms with van der Waals surface area (Å²) in [5.74, 6) is 0.477. The van der Waals surface area contributed by atoms with Crippen molar-refractivity contribution in [2.75, 3.05) is 23.7 Å². The van der Waals surface area contributed by atoms with Crippen LogP contribution in [0.2, 0.25) is 0 Å². The molecule has 1 aliphatic heterocycles. The van der Waals surface area contributed by atoms with Gasteiger partial charge in [0.1, 0.15) is 23.3 Å². The number of nitrogens with zero attached hydrogens (tertiary/aromatic N) is 4. The van der Waals surface area contributed by atoms with Crippen LogP contribution in [-0.4, -0.2) is 22.9 Å². The fourth-order valence-electron chi connectivity index (χ4n) is 2.48. The monoisotopic (exact) mass is 271 g/mol. The van der Waals surface area contributed by atoms with Gasteiger partial charge in [0.25, 0.3) is 0 Å². The molecule has 1 aromatic heterocycles. The van der Waals surface area contributed by atoms with Crippen LogP contribution in [0.25, 0.3) is 5.69 Å². The number of aromatic nitrogens is 2. The number of nitrogen functional groups attached to an aromatic ring is 1. The Morgan fingerprint density at radius 1 is 1.30 bits per heavy atom. The second kappa shape index (κ2) is 4.85. The summed E-state index contributed by atoms with van der Waals surface area (Å²) in [5, 5.41) is 13.7. The highest BCUT2D eigenvalue weighted by Crippen LogP contribution is 2.29. The molecular formula is C14H14FN5. The first-order valence-corrected chi connectivity index (χ1v) is 6.50. The van der Waals surface area contributed by atoms with Gasteiger partial charge in [0.15, 0.2) is 5.82 Å². The smallest absolute Gasteiger partial charge is 0.171 e. The predicted molar refractivity (Wildman–Crippen MR) is 74.1 cm³/mol. The van der Waals surface area contributed by atoms with Gasteiger partial charge in [-0.3, -0.25) is 0 Å². The molecule has 0 saturated carbocycles. The van der Waals surface area contributed by atoms with Crippen LogP contribution in [0.3, 0.4) is 0 Å². The van der Waals surface area contributed by atoms with Crippen molar-refractivity contribution in [3.05, 3.63) is 35.6 Å². The van der Waals surface area contributed by atoms with Gasteiger partial charge in [0, 0.05) is 13.1 Å². The van der Waals surface area contributed by atoms with Crippen molar-refractivity contribution >= 4 is 11.6 Å². The minimum atomic E-state index is -0.362. The molecule has 2 aromatic rings. The van der Waals surface area contributed by atoms with E-state index in [0.717, 1.165) is 25.9 Å². The second-order valence-corrected chi connectivity index (χ2v) is 4.78. The third-order valence-corrected chi connectivity index (χ3v) is 3.47. The number of hydrogen-bond donors (Lipinski definition) is 1. The summed E-state index contributed by atoms with van der Waals surface area (Å²) in [7, 11) is 0. The van der Waals surface area contributed by atoms with E-state index in [1.165, 1.54) is 16.8 Å². The normalized spacial score (nSPS) is 14.5. The number of halogens is 1. The number of benzene rings is 1. The van der Waals surface area contributed by atoms with E-state index < -0.39 is 0 Å². The highest BCUT2D eigenvalue weighted by atomic mass is 19.1. The third-order valence-electron chi connectivity index (χ3n) is 3.47. The maximum absolute atomic E-state index is 13.3. The SMILES string of the molecule is N#Cc1c(N2CCCC2)nn(-c2cccc(F)c2)c1N. The Labute approximate surface area is 116 Å². The fourth-order valence-corrected chi connectivity index (χ4v) is 2.48. The lowest BCUT2D eigenvalue weighted by Crippen LogP contribution is -2.19. The zero-order chi connectivity index (χ0) is 14.1. The van der Waals surface area contributed by atoms with Gasteiger partial charge < -0.3 is 10.6 Å². The van der Waals surface area contributed by atoms with Crippen LogP contribution in [0, 0.1) is 17.1 Å². The number of hydrogen-bond acceptors (Lipinski definition) is 4. The van der Waals surface area contributed by atoms with E-state index in [2.05, 4.69) is 11.2 Å². The molecule has 0 amide bonds. The Morgan fingerprint density at radius 2 is 2.05 bits per heavy atom. The number of nitriles is 1. The van der Waals surface area contributed by atoms with E-state index in [4.69, 9.17) is 5.73 Å². The van der Waals surface area contributed by atoms with Gasteiger partial charge in [0.05, 0.1) is 5.69 Å². The number of nitrogens with two attached hydrogens (primary N) is 1. The topological polar surface area (TPSA) is 70.9 Å². The van der Waals surface area contributed by atoms with Crippen molar-refractivity contribution in [1.82, 2.24) is 9.78 Å². The molecule has 1 aliphatic rings. The number of rotatable bonds is 2. The van der Waals surface area contributed by atoms with Crippen molar-refractivity contribution < 1.29 is 4.39 Å². The van der Waals surface area contributed by atoms with E-state index in [-0.39, 0.29) is 11.6 Å². The molecule has 1 saturated heterocycles. The molecule has 0 unspecified atom stereocenters. The molecule has 1 aromatic carbocycles. The van der Waals surface area contributed by atoms with Crippen molar-refractivity contribution in [2.24, 2.45) is 0 Å². The molecule has 0 radical (unpaired) electrons. The van der Waals surface area contributed by atoms with Gasteiger partial charge in [-0.2, -0.15) is 5.26 Å². The Kier molecular flexibility index (Phi) is 3.03. The third kappa shape index (κ3) is 1.97. The van der Waals surface area contributed by atoms with Gasteiger partial charge in [-0.15, -0.1) is 5.10 Å². The van der Waals surface area contributed by atoms with Crippen LogP contribution in [0.4, 0.5) is 16.0 Å². The lowest BCUT2D eigenvalue weighted by molar-refractivity contribution is 0.625. The van der Waals surface area contributed by atoms with Crippen LogP contribution in [-0.2, 0) is 0 Å². The van der Waals surface area contributed by atoms with E-state index in [1.54, 1.807) is 12.1 Å². The summed E-state index contributed by atoms with van der Waals surface area (Å²) in [6.07, 6.45) is 2.16. The van der Waals surface area contributed by atoms with Gasteiger partial charge in [0.2, 0.25) is 0 Å². The second-order valence-electron chi connectivity index (χ2n) is 4.78. The molecular weight excluding hydrogens is 257 g/mol. The molecule has 20 heavy (non-hydrogen) atoms. The summed E-state index contributed by atoms with van der Waals surface area (Å²) < 4.78 is 14.7. The lowest BCUT2D eigenvalue weighted by Gasteiger charge is -2.13. The standard InChI is InChI=1S/C14H14FN5/c15-10-4-3-5-11(8-10)20-13(17)12(9-16)14(18-20)19-6-1-2-7-19/h3-5,8H,1-2,6-7,17H2. The summed E-state index contributed by atoms with van der Waals surface area (Å²) in [5.41, 5.74) is 6.87. The summed E-state index contributed by atoms with van der Waals surface area (Å²) in [6.45, 7) is 1.74. The highest BCUT2D eigenvalue weighted by molar-refractivity contribution is 5.67. The Balaban J connectivity index is 2.11. The Bertz CT molecular complexity index is 679. The van der Waals surface area contributed by atoms with E-state index in [1.807, 2.05) is 4.90 Å². The number of anilines is 2. The fraction of sp³-hybridized carbons (Fsp3) is 0.286. The van der Waals surface area contributed by atoms with Crippen molar-refractivity contribution in [3.8, 4) is 11.8 Å². The van der Waals surface area contributed by atoms with Crippen molar-refractivity contribution in [2.45, 2.75) is 12.8 Å². The Hall–Kier alpha value is -2.55. The van der Waals surface area contributed by atoms with E-state index >= 15 is 0 Å². The molecule has 3 rings (SSSR count). The lowest BCUT2D eigenvalue weighted by atomic mass is 10.3. The molecule has 2 N–H and O–H groups in total. The minimum Gasteiger partial charge on any atom is -0.382 e. The van der Waals surface area contributed by atoms with Gasteiger partial charge in [-0.1, -0.05) is 6.07 Å². The average Bonchev–Trinajstić information content (AvgIpc) is 3.05. The summed E-state index contributed by atoms with van der Waals surface area (Å²) in [6, 6.07) is 8.10. The van der Waals surface area contributed by atoms with Crippen molar-refractivity contribution in [3.63, 3.8) is 0 Å². The van der Waals surface area contributed by atoms with Crippen LogP contribution in [0.1, 0.15) is 18.4 Å². The first kappa shape index (κ1) is 12.5. The van der Waals surface area contributed by atoms with Gasteiger partial charge >= 0.3 is 0 Å². The van der Waals surface area contributed by atoms with E-state index in [9.17, 15) is 9.65 Å². The Morgan fingerprint density at radius 3 is 2.70 bits per heavy atom. The van der Waals surface area contributed by atoms with Gasteiger partial charge in [-0.25, -0.2) is 9.07 Å². The molecule has 102 valence electrons. The molecule has 0 atom stereocenters. The zero-order valence-electron chi connectivity index (χ0n) is 10.9. The van der Waals surface area contributed by atoms with Crippen LogP contribution < -0.4 is 10.6 Å². The van der Waals surface area contributed by atoms with Crippen LogP contribution >= 0.6 is 0 Å². The highest BCUT2D eigenvalue weighted by Gasteiger charge is 2.23. The molecule has 0 spiro atoms. The minimum absolute atomic E-state index is 0.250. The average molecular weight is 271 g/mol. The zero-order valence-corrected chi connectivity index (χ0v) is 10.9. The predicted octanol–water partition coefficient (Wildman–Crippen LogP) is 2.07. The maximum Gasteiger partial charge on any atom is 0.171 e. The molecule has 0 aliphatic carbocycles. The quantitative estimate of drug-likeness (QED) is 0.907. The van der Waals surface area contributed by atoms with Gasteiger partial charge in [-0.05, 0) is 31.0 Å². The largest absolute Gasteiger partial charge is 0.382 e. The van der Waals surface area contributed by atoms with Crippen molar-refractivity contribution in [1.29, 1.82) is 5.26 Å². The first-order valence-electron chi connectivity index (χ1n) is 6.50. The summed E-state index contributed by atoms with van der Waals surface area (Å²) >= 11 is 0. The molecule has 6 heteroatoms. The maximum atomic E-state index is 13.3. The van der Waals surface area contributed by atoms with E-state index in [0.29, 0.717) is 17.1 Å². The molecule has 2 heterocycles.